The van der Waals surface area contributed by atoms with Crippen LogP contribution in [0.1, 0.15) is 67.2 Å². The summed E-state index contributed by atoms with van der Waals surface area (Å²) in [5, 5.41) is 4.60. The third-order valence-corrected chi connectivity index (χ3v) is 8.85. The molecule has 2 atom stereocenters. The smallest absolute Gasteiger partial charge is 0.407 e. The lowest BCUT2D eigenvalue weighted by atomic mass is 9.90. The number of benzene rings is 2. The molecule has 4 amide bonds. The molecule has 1 saturated heterocycles. The molecule has 16 nitrogen and oxygen atoms in total. The molecule has 2 N–H and O–H groups in total. The molecule has 0 radical (unpaired) electrons. The Kier molecular flexibility index (Phi) is 15.9. The van der Waals surface area contributed by atoms with Gasteiger partial charge in [0, 0.05) is 23.2 Å². The van der Waals surface area contributed by atoms with E-state index in [1.165, 1.54) is 24.0 Å². The van der Waals surface area contributed by atoms with Crippen LogP contribution in [0.4, 0.5) is 9.59 Å². The van der Waals surface area contributed by atoms with Crippen LogP contribution in [0.25, 0.3) is 11.1 Å². The minimum absolute atomic E-state index is 0.184. The van der Waals surface area contributed by atoms with E-state index in [-0.39, 0.29) is 25.2 Å². The number of carbonyl (C=O) groups excluding carboxylic acids is 8. The van der Waals surface area contributed by atoms with E-state index in [0.29, 0.717) is 36.8 Å². The summed E-state index contributed by atoms with van der Waals surface area (Å²) in [4.78, 5) is 102. The highest BCUT2D eigenvalue weighted by molar-refractivity contribution is 6.00. The number of likely N-dealkylation sites (tertiary alicyclic amines) is 1. The van der Waals surface area contributed by atoms with Crippen molar-refractivity contribution >= 4 is 47.5 Å². The van der Waals surface area contributed by atoms with Crippen LogP contribution in [0.2, 0.25) is 0 Å². The van der Waals surface area contributed by atoms with Crippen molar-refractivity contribution in [2.45, 2.75) is 64.6 Å². The van der Waals surface area contributed by atoms with Crippen LogP contribution in [-0.4, -0.2) is 122 Å². The van der Waals surface area contributed by atoms with E-state index < -0.39 is 73.3 Å². The van der Waals surface area contributed by atoms with Crippen molar-refractivity contribution in [3.63, 3.8) is 0 Å². The summed E-state index contributed by atoms with van der Waals surface area (Å²) < 4.78 is 19.4. The van der Waals surface area contributed by atoms with Gasteiger partial charge in [0.1, 0.15) is 25.7 Å². The van der Waals surface area contributed by atoms with Crippen molar-refractivity contribution in [1.82, 2.24) is 20.4 Å². The van der Waals surface area contributed by atoms with Gasteiger partial charge in [-0.2, -0.15) is 0 Å². The van der Waals surface area contributed by atoms with Gasteiger partial charge in [0.2, 0.25) is 11.8 Å². The van der Waals surface area contributed by atoms with Gasteiger partial charge < -0.3 is 39.4 Å². The zero-order chi connectivity index (χ0) is 39.1. The fourth-order valence-corrected chi connectivity index (χ4v) is 5.76. The van der Waals surface area contributed by atoms with E-state index in [2.05, 4.69) is 20.1 Å². The summed E-state index contributed by atoms with van der Waals surface area (Å²) in [5.74, 6) is -3.33. The van der Waals surface area contributed by atoms with Crippen molar-refractivity contribution in [3.8, 4) is 11.1 Å². The van der Waals surface area contributed by atoms with Gasteiger partial charge in [-0.25, -0.2) is 14.4 Å². The third-order valence-electron chi connectivity index (χ3n) is 8.85. The maximum absolute atomic E-state index is 12.8. The highest BCUT2D eigenvalue weighted by atomic mass is 16.5. The molecule has 1 heterocycles. The molecule has 1 unspecified atom stereocenters. The molecule has 1 fully saturated rings. The fourth-order valence-electron chi connectivity index (χ4n) is 5.76. The maximum Gasteiger partial charge on any atom is 0.407 e. The van der Waals surface area contributed by atoms with E-state index in [1.807, 2.05) is 20.8 Å². The lowest BCUT2D eigenvalue weighted by Gasteiger charge is -2.46. The minimum Gasteiger partial charge on any atom is -0.456 e. The quantitative estimate of drug-likeness (QED) is 0.129. The Hall–Kier alpha value is -5.80. The number of nitrogens with one attached hydrogen (secondary N) is 2. The summed E-state index contributed by atoms with van der Waals surface area (Å²) >= 11 is 0. The van der Waals surface area contributed by atoms with Gasteiger partial charge in [0.25, 0.3) is 0 Å². The van der Waals surface area contributed by atoms with E-state index in [9.17, 15) is 38.4 Å². The molecular formula is C37H46N4O12. The van der Waals surface area contributed by atoms with Gasteiger partial charge in [0.15, 0.2) is 24.8 Å². The molecule has 0 bridgehead atoms. The van der Waals surface area contributed by atoms with Gasteiger partial charge in [-0.1, -0.05) is 69.3 Å². The highest BCUT2D eigenvalue weighted by Gasteiger charge is 2.45. The van der Waals surface area contributed by atoms with Crippen LogP contribution in [-0.2, 0) is 38.1 Å². The lowest BCUT2D eigenvalue weighted by molar-refractivity contribution is -0.166. The van der Waals surface area contributed by atoms with Crippen molar-refractivity contribution < 1.29 is 57.3 Å². The van der Waals surface area contributed by atoms with E-state index in [1.54, 1.807) is 48.5 Å². The van der Waals surface area contributed by atoms with E-state index in [0.717, 1.165) is 11.1 Å². The zero-order valence-corrected chi connectivity index (χ0v) is 30.5. The third kappa shape index (κ3) is 11.6. The monoisotopic (exact) mass is 738 g/mol. The summed E-state index contributed by atoms with van der Waals surface area (Å²) in [6.45, 7) is 3.45. The molecular weight excluding hydrogens is 692 g/mol. The van der Waals surface area contributed by atoms with E-state index in [4.69, 9.17) is 9.47 Å². The van der Waals surface area contributed by atoms with Crippen LogP contribution in [0.3, 0.4) is 0 Å². The van der Waals surface area contributed by atoms with Crippen LogP contribution < -0.4 is 10.6 Å². The molecule has 2 aromatic rings. The molecule has 16 heteroatoms. The van der Waals surface area contributed by atoms with Crippen LogP contribution in [0.5, 0.6) is 0 Å². The van der Waals surface area contributed by atoms with Crippen LogP contribution >= 0.6 is 0 Å². The Morgan fingerprint density at radius 2 is 1.23 bits per heavy atom. The Morgan fingerprint density at radius 3 is 1.70 bits per heavy atom. The maximum atomic E-state index is 12.8. The topological polar surface area (TPSA) is 204 Å². The van der Waals surface area contributed by atoms with Crippen molar-refractivity contribution in [2.75, 3.05) is 47.1 Å². The Morgan fingerprint density at radius 1 is 0.736 bits per heavy atom. The lowest BCUT2D eigenvalue weighted by Crippen LogP contribution is -2.63. The second-order valence-corrected chi connectivity index (χ2v) is 12.1. The molecule has 1 aliphatic heterocycles. The fraction of sp³-hybridized carbons (Fsp3) is 0.459. The standard InChI is InChI=1S/C37H46N4O12/c1-6-27(7-2)40(32(44)18-38-36(48)50-4)20-34(46)52-21-30(42)25-13-9-23(10-14-25)24-11-15-26(16-12-24)31(43)22-53-35(47)29-17-28(8-3)41(29)33(45)19-39-37(49)51-5/h9-16,27-29H,6-8,17-22H2,1-5H3,(H,38,48)(H,39,49)/t28-,29?/m0/s1. The first-order valence-corrected chi connectivity index (χ1v) is 17.2. The number of esters is 2. The summed E-state index contributed by atoms with van der Waals surface area (Å²) in [6.07, 6.45) is 0.576. The number of hydrogen-bond donors (Lipinski definition) is 2. The molecule has 53 heavy (non-hydrogen) atoms. The number of methoxy groups -OCH3 is 2. The number of ether oxygens (including phenoxy) is 4. The highest BCUT2D eigenvalue weighted by Crippen LogP contribution is 2.29. The molecule has 0 saturated carbocycles. The number of ketones is 2. The Labute approximate surface area is 307 Å². The predicted molar refractivity (Wildman–Crippen MR) is 189 cm³/mol. The average molecular weight is 739 g/mol. The Balaban J connectivity index is 1.51. The van der Waals surface area contributed by atoms with Crippen molar-refractivity contribution in [3.05, 3.63) is 59.7 Å². The molecule has 2 aromatic carbocycles. The summed E-state index contributed by atoms with van der Waals surface area (Å²) in [6, 6.07) is 11.8. The number of alkyl carbamates (subject to hydrolysis) is 2. The van der Waals surface area contributed by atoms with Crippen molar-refractivity contribution in [2.24, 2.45) is 0 Å². The first kappa shape index (κ1) is 41.6. The summed E-state index contributed by atoms with van der Waals surface area (Å²) in [7, 11) is 2.34. The normalized spacial score (nSPS) is 14.6. The number of rotatable bonds is 18. The zero-order valence-electron chi connectivity index (χ0n) is 30.5. The first-order chi connectivity index (χ1) is 25.4. The summed E-state index contributed by atoms with van der Waals surface area (Å²) in [5.41, 5.74) is 2.08. The van der Waals surface area contributed by atoms with Gasteiger partial charge in [-0.3, -0.25) is 24.0 Å². The minimum atomic E-state index is -0.854. The average Bonchev–Trinajstić information content (AvgIpc) is 3.16. The second kappa shape index (κ2) is 20.3. The molecule has 3 rings (SSSR count). The van der Waals surface area contributed by atoms with Gasteiger partial charge in [0.05, 0.1) is 14.2 Å². The molecule has 0 aliphatic carbocycles. The van der Waals surface area contributed by atoms with Crippen molar-refractivity contribution in [1.29, 1.82) is 0 Å². The number of hydrogen-bond acceptors (Lipinski definition) is 12. The number of nitrogens with zero attached hydrogens (tertiary/aromatic N) is 2. The molecule has 0 spiro atoms. The van der Waals surface area contributed by atoms with Gasteiger partial charge in [-0.15, -0.1) is 0 Å². The predicted octanol–water partition coefficient (Wildman–Crippen LogP) is 2.91. The second-order valence-electron chi connectivity index (χ2n) is 12.1. The first-order valence-electron chi connectivity index (χ1n) is 17.2. The van der Waals surface area contributed by atoms with E-state index >= 15 is 0 Å². The number of carbonyl (C=O) groups is 8. The Bertz CT molecular complexity index is 1640. The van der Waals surface area contributed by atoms with Gasteiger partial charge in [-0.05, 0) is 36.8 Å². The molecule has 1 aliphatic rings. The molecule has 286 valence electrons. The van der Waals surface area contributed by atoms with Gasteiger partial charge >= 0.3 is 24.1 Å². The molecule has 0 aromatic heterocycles. The SMILES string of the molecule is CCC(CC)N(CC(=O)OCC(=O)c1ccc(-c2ccc(C(=O)COC(=O)C3C[C@H](CC)N3C(=O)CNC(=O)OC)cc2)cc1)C(=O)CNC(=O)OC. The largest absolute Gasteiger partial charge is 0.456 e. The number of amides is 4. The number of Topliss-reactive ketones (excluding diaryl/α,β-unsaturated/α-hetero) is 2. The van der Waals surface area contributed by atoms with Crippen LogP contribution in [0, 0.1) is 0 Å². The van der Waals surface area contributed by atoms with Crippen LogP contribution in [0.15, 0.2) is 48.5 Å².